The van der Waals surface area contributed by atoms with Gasteiger partial charge < -0.3 is 40.1 Å². The molecule has 1 saturated heterocycles. The largest absolute Gasteiger partial charge is 0.394 e. The monoisotopic (exact) mass is 486 g/mol. The SMILES string of the molecule is C/C(=C\CO)CC[C@@H]1[C@@]2(C)CC[C@H](O[C@@H]3O[C@H](CO)[C@@H](O)[C@H](O)[C@H]3O)C(C)(C)[C@@H]2CC[C@]1(C)O. The van der Waals surface area contributed by atoms with Crippen molar-refractivity contribution in [3.05, 3.63) is 11.6 Å². The van der Waals surface area contributed by atoms with Crippen LogP contribution in [-0.4, -0.2) is 86.3 Å². The summed E-state index contributed by atoms with van der Waals surface area (Å²) >= 11 is 0. The summed E-state index contributed by atoms with van der Waals surface area (Å²) < 4.78 is 11.9. The number of rotatable bonds is 7. The van der Waals surface area contributed by atoms with E-state index in [9.17, 15) is 30.6 Å². The van der Waals surface area contributed by atoms with Crippen LogP contribution in [-0.2, 0) is 9.47 Å². The van der Waals surface area contributed by atoms with Gasteiger partial charge in [-0.05, 0) is 75.0 Å². The second-order valence-electron chi connectivity index (χ2n) is 12.0. The van der Waals surface area contributed by atoms with Crippen LogP contribution in [0.4, 0.5) is 0 Å². The average molecular weight is 487 g/mol. The fourth-order valence-corrected chi connectivity index (χ4v) is 7.36. The standard InChI is InChI=1S/C26H46O8/c1-15(10-13-27)6-7-18-25(4)11-9-19(24(2,3)17(25)8-12-26(18,5)32)34-23-22(31)21(30)20(29)16(14-28)33-23/h10,16-23,27-32H,6-9,11-14H2,1-5H3/b15-10+/t16-,17+,18-,19+,20-,21+,22-,23+,25+,26+/m1/s1. The van der Waals surface area contributed by atoms with Crippen LogP contribution in [0.2, 0.25) is 0 Å². The zero-order chi connectivity index (χ0) is 25.5. The molecule has 2 saturated carbocycles. The van der Waals surface area contributed by atoms with Crippen LogP contribution in [0.5, 0.6) is 0 Å². The lowest BCUT2D eigenvalue weighted by Crippen LogP contribution is -2.63. The van der Waals surface area contributed by atoms with E-state index in [1.165, 1.54) is 0 Å². The predicted octanol–water partition coefficient (Wildman–Crippen LogP) is 1.49. The quantitative estimate of drug-likeness (QED) is 0.235. The second kappa shape index (κ2) is 10.4. The summed E-state index contributed by atoms with van der Waals surface area (Å²) in [5.74, 6) is 0.351. The lowest BCUT2D eigenvalue weighted by molar-refractivity contribution is -0.329. The van der Waals surface area contributed by atoms with E-state index in [1.54, 1.807) is 0 Å². The molecule has 198 valence electrons. The van der Waals surface area contributed by atoms with E-state index < -0.39 is 42.9 Å². The van der Waals surface area contributed by atoms with Crippen molar-refractivity contribution in [2.24, 2.45) is 22.7 Å². The van der Waals surface area contributed by atoms with Crippen molar-refractivity contribution in [1.82, 2.24) is 0 Å². The maximum Gasteiger partial charge on any atom is 0.186 e. The van der Waals surface area contributed by atoms with Gasteiger partial charge in [0.2, 0.25) is 0 Å². The van der Waals surface area contributed by atoms with Crippen molar-refractivity contribution in [2.45, 2.75) is 116 Å². The van der Waals surface area contributed by atoms with E-state index in [0.29, 0.717) is 12.8 Å². The maximum atomic E-state index is 11.4. The molecule has 0 aromatic rings. The van der Waals surface area contributed by atoms with Crippen LogP contribution in [0.3, 0.4) is 0 Å². The third kappa shape index (κ3) is 5.11. The highest BCUT2D eigenvalue weighted by Crippen LogP contribution is 2.63. The van der Waals surface area contributed by atoms with Crippen LogP contribution in [0.15, 0.2) is 11.6 Å². The molecule has 3 aliphatic rings. The Kier molecular flexibility index (Phi) is 8.58. The first-order chi connectivity index (χ1) is 15.8. The predicted molar refractivity (Wildman–Crippen MR) is 127 cm³/mol. The number of ether oxygens (including phenoxy) is 2. The van der Waals surface area contributed by atoms with Gasteiger partial charge >= 0.3 is 0 Å². The molecule has 8 nitrogen and oxygen atoms in total. The zero-order valence-corrected chi connectivity index (χ0v) is 21.4. The second-order valence-corrected chi connectivity index (χ2v) is 12.0. The molecule has 34 heavy (non-hydrogen) atoms. The van der Waals surface area contributed by atoms with Gasteiger partial charge in [-0.3, -0.25) is 0 Å². The molecule has 0 aromatic carbocycles. The lowest BCUT2D eigenvalue weighted by atomic mass is 9.44. The van der Waals surface area contributed by atoms with Crippen LogP contribution >= 0.6 is 0 Å². The summed E-state index contributed by atoms with van der Waals surface area (Å²) in [5.41, 5.74) is -0.0506. The molecule has 10 atom stereocenters. The highest BCUT2D eigenvalue weighted by atomic mass is 16.7. The van der Waals surface area contributed by atoms with E-state index in [0.717, 1.165) is 31.3 Å². The number of allylic oxidation sites excluding steroid dienone is 1. The molecule has 6 N–H and O–H groups in total. The number of fused-ring (bicyclic) bond motifs is 1. The van der Waals surface area contributed by atoms with Gasteiger partial charge in [0.05, 0.1) is 24.9 Å². The summed E-state index contributed by atoms with van der Waals surface area (Å²) in [6.45, 7) is 10.1. The Hall–Kier alpha value is -0.580. The van der Waals surface area contributed by atoms with Crippen molar-refractivity contribution < 1.29 is 40.1 Å². The topological polar surface area (TPSA) is 140 Å². The molecule has 0 amide bonds. The maximum absolute atomic E-state index is 11.4. The van der Waals surface area contributed by atoms with Gasteiger partial charge in [-0.25, -0.2) is 0 Å². The van der Waals surface area contributed by atoms with E-state index in [4.69, 9.17) is 9.47 Å². The van der Waals surface area contributed by atoms with Crippen LogP contribution < -0.4 is 0 Å². The first kappa shape index (κ1) is 28.0. The molecular formula is C26H46O8. The molecule has 0 spiro atoms. The van der Waals surface area contributed by atoms with Gasteiger partial charge in [0.25, 0.3) is 0 Å². The molecule has 1 aliphatic heterocycles. The van der Waals surface area contributed by atoms with Crippen LogP contribution in [0, 0.1) is 22.7 Å². The van der Waals surface area contributed by atoms with Crippen molar-refractivity contribution in [3.8, 4) is 0 Å². The van der Waals surface area contributed by atoms with Gasteiger partial charge in [0, 0.05) is 0 Å². The summed E-state index contributed by atoms with van der Waals surface area (Å²) in [4.78, 5) is 0. The van der Waals surface area contributed by atoms with Crippen molar-refractivity contribution in [1.29, 1.82) is 0 Å². The zero-order valence-electron chi connectivity index (χ0n) is 21.4. The highest BCUT2D eigenvalue weighted by Gasteiger charge is 2.61. The Labute approximate surface area is 203 Å². The molecule has 1 heterocycles. The molecule has 0 unspecified atom stereocenters. The number of aliphatic hydroxyl groups is 6. The number of hydrogen-bond acceptors (Lipinski definition) is 8. The Balaban J connectivity index is 1.80. The van der Waals surface area contributed by atoms with Gasteiger partial charge in [-0.2, -0.15) is 0 Å². The van der Waals surface area contributed by atoms with Crippen molar-refractivity contribution in [2.75, 3.05) is 13.2 Å². The van der Waals surface area contributed by atoms with E-state index in [1.807, 2.05) is 19.9 Å². The highest BCUT2D eigenvalue weighted by molar-refractivity contribution is 5.11. The Morgan fingerprint density at radius 3 is 2.29 bits per heavy atom. The molecule has 3 rings (SSSR count). The number of hydrogen-bond donors (Lipinski definition) is 6. The molecule has 0 radical (unpaired) electrons. The molecule has 0 bridgehead atoms. The molecule has 3 fully saturated rings. The third-order valence-electron chi connectivity index (χ3n) is 9.37. The Morgan fingerprint density at radius 2 is 1.68 bits per heavy atom. The minimum absolute atomic E-state index is 0.0246. The molecule has 0 aromatic heterocycles. The molecule has 2 aliphatic carbocycles. The van der Waals surface area contributed by atoms with Gasteiger partial charge in [0.15, 0.2) is 6.29 Å². The van der Waals surface area contributed by atoms with Crippen molar-refractivity contribution >= 4 is 0 Å². The van der Waals surface area contributed by atoms with Crippen LogP contribution in [0.25, 0.3) is 0 Å². The van der Waals surface area contributed by atoms with Crippen LogP contribution in [0.1, 0.15) is 73.1 Å². The fourth-order valence-electron chi connectivity index (χ4n) is 7.36. The van der Waals surface area contributed by atoms with E-state index in [2.05, 4.69) is 20.8 Å². The third-order valence-corrected chi connectivity index (χ3v) is 9.37. The summed E-state index contributed by atoms with van der Waals surface area (Å²) in [7, 11) is 0. The normalized spacial score (nSPS) is 47.3. The summed E-state index contributed by atoms with van der Waals surface area (Å²) in [6, 6.07) is 0. The smallest absolute Gasteiger partial charge is 0.186 e. The Morgan fingerprint density at radius 1 is 1.00 bits per heavy atom. The Bertz CT molecular complexity index is 720. The van der Waals surface area contributed by atoms with Gasteiger partial charge in [-0.15, -0.1) is 0 Å². The fraction of sp³-hybridized carbons (Fsp3) is 0.923. The first-order valence-corrected chi connectivity index (χ1v) is 12.7. The minimum Gasteiger partial charge on any atom is -0.394 e. The summed E-state index contributed by atoms with van der Waals surface area (Å²) in [5, 5.41) is 60.9. The van der Waals surface area contributed by atoms with Gasteiger partial charge in [0.1, 0.15) is 24.4 Å². The molecular weight excluding hydrogens is 440 g/mol. The van der Waals surface area contributed by atoms with E-state index in [-0.39, 0.29) is 35.4 Å². The molecule has 8 heteroatoms. The lowest BCUT2D eigenvalue weighted by Gasteiger charge is -2.63. The average Bonchev–Trinajstić information content (AvgIpc) is 2.75. The van der Waals surface area contributed by atoms with E-state index >= 15 is 0 Å². The van der Waals surface area contributed by atoms with Gasteiger partial charge in [-0.1, -0.05) is 32.4 Å². The first-order valence-electron chi connectivity index (χ1n) is 12.7. The minimum atomic E-state index is -1.46. The van der Waals surface area contributed by atoms with Crippen molar-refractivity contribution in [3.63, 3.8) is 0 Å². The summed E-state index contributed by atoms with van der Waals surface area (Å²) in [6.07, 6.45) is -0.0937. The number of aliphatic hydroxyl groups excluding tert-OH is 5.